The molecule has 1 aliphatic carbocycles. The second-order valence-corrected chi connectivity index (χ2v) is 11.6. The first-order valence-electron chi connectivity index (χ1n) is 14.0. The highest BCUT2D eigenvalue weighted by molar-refractivity contribution is 5.82. The lowest BCUT2D eigenvalue weighted by Crippen LogP contribution is -2.29. The van der Waals surface area contributed by atoms with Gasteiger partial charge in [-0.2, -0.15) is 0 Å². The number of aryl methyl sites for hydroxylation is 1. The quantitative estimate of drug-likeness (QED) is 0.197. The van der Waals surface area contributed by atoms with Crippen molar-refractivity contribution in [3.63, 3.8) is 0 Å². The molecule has 1 atom stereocenters. The van der Waals surface area contributed by atoms with Gasteiger partial charge in [-0.25, -0.2) is 4.98 Å². The summed E-state index contributed by atoms with van der Waals surface area (Å²) < 4.78 is 49.8. The number of nitrogens with one attached hydrogen (secondary N) is 2. The summed E-state index contributed by atoms with van der Waals surface area (Å²) in [7, 11) is 0. The van der Waals surface area contributed by atoms with Gasteiger partial charge in [-0.15, -0.1) is 13.2 Å². The molecule has 0 bridgehead atoms. The molecule has 1 fully saturated rings. The predicted octanol–water partition coefficient (Wildman–Crippen LogP) is 7.38. The number of halogens is 3. The van der Waals surface area contributed by atoms with Crippen LogP contribution in [0.25, 0.3) is 11.0 Å². The van der Waals surface area contributed by atoms with Crippen LogP contribution in [-0.4, -0.2) is 33.4 Å². The number of carbonyl (C=O) groups excluding carboxylic acids is 1. The first-order chi connectivity index (χ1) is 20.3. The van der Waals surface area contributed by atoms with E-state index in [1.165, 1.54) is 24.3 Å². The number of benzene rings is 2. The minimum atomic E-state index is -4.77. The molecule has 1 amide bonds. The van der Waals surface area contributed by atoms with Crippen molar-refractivity contribution in [3.05, 3.63) is 84.2 Å². The van der Waals surface area contributed by atoms with Gasteiger partial charge in [0, 0.05) is 24.0 Å². The Morgan fingerprint density at radius 3 is 2.58 bits per heavy atom. The monoisotopic (exact) mass is 593 g/mol. The van der Waals surface area contributed by atoms with Crippen molar-refractivity contribution < 1.29 is 27.4 Å². The highest BCUT2D eigenvalue weighted by atomic mass is 19.4. The van der Waals surface area contributed by atoms with Crippen LogP contribution in [0.5, 0.6) is 11.5 Å². The zero-order valence-corrected chi connectivity index (χ0v) is 24.3. The molecule has 226 valence electrons. The number of pyridine rings is 1. The Balaban J connectivity index is 1.37. The number of imidazole rings is 1. The van der Waals surface area contributed by atoms with Crippen LogP contribution in [0.2, 0.25) is 0 Å². The molecule has 0 spiro atoms. The van der Waals surface area contributed by atoms with E-state index in [-0.39, 0.29) is 29.7 Å². The number of hydrogen-bond donors (Lipinski definition) is 2. The van der Waals surface area contributed by atoms with Gasteiger partial charge in [-0.05, 0) is 79.6 Å². The summed E-state index contributed by atoms with van der Waals surface area (Å²) in [4.78, 5) is 21.6. The number of fused-ring (bicyclic) bond motifs is 1. The van der Waals surface area contributed by atoms with Crippen LogP contribution in [0.15, 0.2) is 72.9 Å². The van der Waals surface area contributed by atoms with Crippen molar-refractivity contribution in [1.29, 1.82) is 0 Å². The summed E-state index contributed by atoms with van der Waals surface area (Å²) in [6, 6.07) is 14.8. The number of rotatable bonds is 9. The summed E-state index contributed by atoms with van der Waals surface area (Å²) in [6.07, 6.45) is -0.490. The van der Waals surface area contributed by atoms with Gasteiger partial charge in [-0.1, -0.05) is 32.1 Å². The van der Waals surface area contributed by atoms with Crippen molar-refractivity contribution in [1.82, 2.24) is 19.9 Å². The van der Waals surface area contributed by atoms with Crippen LogP contribution in [0.3, 0.4) is 0 Å². The Kier molecular flexibility index (Phi) is 8.34. The number of alkyl halides is 3. The van der Waals surface area contributed by atoms with E-state index in [0.717, 1.165) is 41.6 Å². The molecule has 2 heterocycles. The zero-order chi connectivity index (χ0) is 30.8. The number of hydrogen-bond acceptors (Lipinski definition) is 6. The lowest BCUT2D eigenvalue weighted by atomic mass is 9.73. The Hall–Kier alpha value is -4.54. The zero-order valence-electron chi connectivity index (χ0n) is 24.3. The molecule has 43 heavy (non-hydrogen) atoms. The third-order valence-electron chi connectivity index (χ3n) is 7.35. The highest BCUT2D eigenvalue weighted by Gasteiger charge is 2.33. The molecule has 8 nitrogen and oxygen atoms in total. The van der Waals surface area contributed by atoms with Crippen molar-refractivity contribution in [2.75, 3.05) is 11.9 Å². The SMILES string of the molecule is C=C1C[C@H](n2c(Nc3ccc(OC(F)(F)F)cc3)nc3cc(OCC(=O)NCc4ncccc4C)ccc32)CC(C)(C)C1. The Bertz CT molecular complexity index is 1630. The van der Waals surface area contributed by atoms with Gasteiger partial charge >= 0.3 is 6.36 Å². The topological polar surface area (TPSA) is 90.3 Å². The van der Waals surface area contributed by atoms with Crippen molar-refractivity contribution >= 4 is 28.6 Å². The van der Waals surface area contributed by atoms with E-state index in [0.29, 0.717) is 29.4 Å². The summed E-state index contributed by atoms with van der Waals surface area (Å²) in [5.74, 6) is 0.433. The normalized spacial score (nSPS) is 16.6. The summed E-state index contributed by atoms with van der Waals surface area (Å²) in [6.45, 7) is 10.8. The van der Waals surface area contributed by atoms with E-state index < -0.39 is 6.36 Å². The lowest BCUT2D eigenvalue weighted by Gasteiger charge is -2.38. The fraction of sp³-hybridized carbons (Fsp3) is 0.344. The minimum absolute atomic E-state index is 0.0364. The molecule has 11 heteroatoms. The molecular formula is C32H34F3N5O3. The third kappa shape index (κ3) is 7.65. The second kappa shape index (κ2) is 12.0. The van der Waals surface area contributed by atoms with Gasteiger partial charge in [0.1, 0.15) is 11.5 Å². The number of nitrogens with zero attached hydrogens (tertiary/aromatic N) is 3. The fourth-order valence-electron chi connectivity index (χ4n) is 5.63. The molecular weight excluding hydrogens is 559 g/mol. The molecule has 2 aromatic carbocycles. The predicted molar refractivity (Wildman–Crippen MR) is 158 cm³/mol. The van der Waals surface area contributed by atoms with Gasteiger partial charge in [0.2, 0.25) is 5.95 Å². The number of aromatic nitrogens is 3. The largest absolute Gasteiger partial charge is 0.573 e. The van der Waals surface area contributed by atoms with E-state index in [1.807, 2.05) is 25.1 Å². The fourth-order valence-corrected chi connectivity index (χ4v) is 5.63. The average molecular weight is 594 g/mol. The van der Waals surface area contributed by atoms with E-state index >= 15 is 0 Å². The number of ether oxygens (including phenoxy) is 2. The maximum Gasteiger partial charge on any atom is 0.573 e. The first kappa shape index (κ1) is 29.9. The van der Waals surface area contributed by atoms with Crippen LogP contribution in [0, 0.1) is 12.3 Å². The van der Waals surface area contributed by atoms with Gasteiger partial charge in [0.15, 0.2) is 6.61 Å². The molecule has 4 aromatic rings. The molecule has 5 rings (SSSR count). The highest BCUT2D eigenvalue weighted by Crippen LogP contribution is 2.45. The molecule has 2 N–H and O–H groups in total. The van der Waals surface area contributed by atoms with E-state index in [1.54, 1.807) is 18.3 Å². The number of anilines is 2. The van der Waals surface area contributed by atoms with E-state index in [4.69, 9.17) is 9.72 Å². The van der Waals surface area contributed by atoms with E-state index in [2.05, 4.69) is 45.3 Å². The molecule has 0 radical (unpaired) electrons. The van der Waals surface area contributed by atoms with Crippen molar-refractivity contribution in [2.24, 2.45) is 5.41 Å². The van der Waals surface area contributed by atoms with Gasteiger partial charge < -0.3 is 24.7 Å². The minimum Gasteiger partial charge on any atom is -0.484 e. The van der Waals surface area contributed by atoms with Crippen LogP contribution >= 0.6 is 0 Å². The first-order valence-corrected chi connectivity index (χ1v) is 14.0. The molecule has 0 unspecified atom stereocenters. The molecule has 1 saturated carbocycles. The number of allylic oxidation sites excluding steroid dienone is 1. The van der Waals surface area contributed by atoms with Crippen LogP contribution in [0.4, 0.5) is 24.8 Å². The van der Waals surface area contributed by atoms with Crippen LogP contribution in [-0.2, 0) is 11.3 Å². The molecule has 1 aliphatic rings. The number of amides is 1. The maximum absolute atomic E-state index is 12.6. The van der Waals surface area contributed by atoms with Crippen LogP contribution < -0.4 is 20.1 Å². The molecule has 0 saturated heterocycles. The van der Waals surface area contributed by atoms with Gasteiger partial charge in [-0.3, -0.25) is 9.78 Å². The standard InChI is InChI=1S/C32H34F3N5O3/c1-20-14-23(17-31(3,4)16-20)40-28-12-11-25(42-19-29(41)37-18-27-21(2)6-5-13-36-27)15-26(28)39-30(40)38-22-7-9-24(10-8-22)43-32(33,34)35/h5-13,15,23H,1,14,16-19H2,2-4H3,(H,37,41)(H,38,39)/t23-/m0/s1. The third-order valence-corrected chi connectivity index (χ3v) is 7.35. The molecule has 2 aromatic heterocycles. The Morgan fingerprint density at radius 2 is 1.88 bits per heavy atom. The Labute approximate surface area is 247 Å². The van der Waals surface area contributed by atoms with Crippen molar-refractivity contribution in [3.8, 4) is 11.5 Å². The van der Waals surface area contributed by atoms with E-state index in [9.17, 15) is 18.0 Å². The van der Waals surface area contributed by atoms with Gasteiger partial charge in [0.25, 0.3) is 5.91 Å². The smallest absolute Gasteiger partial charge is 0.484 e. The summed E-state index contributed by atoms with van der Waals surface area (Å²) >= 11 is 0. The summed E-state index contributed by atoms with van der Waals surface area (Å²) in [5, 5.41) is 6.10. The second-order valence-electron chi connectivity index (χ2n) is 11.6. The lowest BCUT2D eigenvalue weighted by molar-refractivity contribution is -0.274. The van der Waals surface area contributed by atoms with Crippen molar-refractivity contribution in [2.45, 2.75) is 59.0 Å². The number of carbonyl (C=O) groups is 1. The maximum atomic E-state index is 12.6. The van der Waals surface area contributed by atoms with Gasteiger partial charge in [0.05, 0.1) is 23.3 Å². The van der Waals surface area contributed by atoms with Crippen LogP contribution in [0.1, 0.15) is 50.4 Å². The average Bonchev–Trinajstić information content (AvgIpc) is 3.27. The molecule has 0 aliphatic heterocycles. The summed E-state index contributed by atoms with van der Waals surface area (Å²) in [5.41, 5.74) is 5.02. The Morgan fingerprint density at radius 1 is 1.14 bits per heavy atom.